The summed E-state index contributed by atoms with van der Waals surface area (Å²) in [4.78, 5) is 0. The van der Waals surface area contributed by atoms with E-state index in [4.69, 9.17) is 20.9 Å². The van der Waals surface area contributed by atoms with Gasteiger partial charge in [0.25, 0.3) is 0 Å². The summed E-state index contributed by atoms with van der Waals surface area (Å²) < 4.78 is 11.1. The summed E-state index contributed by atoms with van der Waals surface area (Å²) in [5.41, 5.74) is 11.0. The monoisotopic (exact) mass is 174 g/mol. The van der Waals surface area contributed by atoms with Crippen molar-refractivity contribution in [3.05, 3.63) is 0 Å². The summed E-state index contributed by atoms with van der Waals surface area (Å²) in [7, 11) is 0. The largest absolute Gasteiger partial charge is 0.345 e. The average molecular weight is 174 g/mol. The van der Waals surface area contributed by atoms with E-state index in [0.717, 1.165) is 0 Å². The second-order valence-electron chi connectivity index (χ2n) is 3.43. The Morgan fingerprint density at radius 1 is 1.08 bits per heavy atom. The van der Waals surface area contributed by atoms with Crippen LogP contribution in [0.1, 0.15) is 13.8 Å². The van der Waals surface area contributed by atoms with Crippen molar-refractivity contribution < 1.29 is 9.47 Å². The molecule has 0 spiro atoms. The summed E-state index contributed by atoms with van der Waals surface area (Å²) in [6.45, 7) is 5.06. The van der Waals surface area contributed by atoms with Gasteiger partial charge in [0.2, 0.25) is 0 Å². The minimum absolute atomic E-state index is 0.0256. The smallest absolute Gasteiger partial charge is 0.160 e. The van der Waals surface area contributed by atoms with Gasteiger partial charge < -0.3 is 20.9 Å². The molecule has 0 aliphatic carbocycles. The van der Waals surface area contributed by atoms with Crippen LogP contribution in [-0.2, 0) is 9.47 Å². The zero-order chi connectivity index (χ0) is 9.14. The Hall–Kier alpha value is -0.160. The van der Waals surface area contributed by atoms with E-state index >= 15 is 0 Å². The third-order valence-electron chi connectivity index (χ3n) is 2.04. The van der Waals surface area contributed by atoms with Gasteiger partial charge in [-0.2, -0.15) is 0 Å². The predicted octanol–water partition coefficient (Wildman–Crippen LogP) is -0.330. The first-order chi connectivity index (χ1) is 5.69. The summed E-state index contributed by atoms with van der Waals surface area (Å²) in [6, 6.07) is 0. The zero-order valence-corrected chi connectivity index (χ0v) is 7.69. The van der Waals surface area contributed by atoms with Gasteiger partial charge in [0.15, 0.2) is 6.29 Å². The summed E-state index contributed by atoms with van der Waals surface area (Å²) in [5, 5.41) is 0. The Bertz CT molecular complexity index is 129. The molecule has 1 saturated heterocycles. The number of hydrogen-bond donors (Lipinski definition) is 2. The number of rotatable bonds is 3. The minimum Gasteiger partial charge on any atom is -0.345 e. The van der Waals surface area contributed by atoms with E-state index in [9.17, 15) is 0 Å². The molecule has 2 atom stereocenters. The van der Waals surface area contributed by atoms with Crippen LogP contribution < -0.4 is 11.5 Å². The molecule has 0 aromatic rings. The fourth-order valence-electron chi connectivity index (χ4n) is 1.28. The van der Waals surface area contributed by atoms with E-state index in [1.165, 1.54) is 0 Å². The molecule has 0 aromatic heterocycles. The van der Waals surface area contributed by atoms with E-state index in [1.807, 2.05) is 0 Å². The van der Waals surface area contributed by atoms with Crippen LogP contribution in [0, 0.1) is 5.92 Å². The predicted molar refractivity (Wildman–Crippen MR) is 46.5 cm³/mol. The van der Waals surface area contributed by atoms with Crippen LogP contribution in [0.3, 0.4) is 0 Å². The first-order valence-corrected chi connectivity index (χ1v) is 4.40. The van der Waals surface area contributed by atoms with Gasteiger partial charge in [0, 0.05) is 19.0 Å². The molecule has 4 nitrogen and oxygen atoms in total. The SMILES string of the molecule is CC(C)C1O[C@@H](CN)[C@H](CN)O1. The van der Waals surface area contributed by atoms with Crippen LogP contribution in [0.5, 0.6) is 0 Å². The van der Waals surface area contributed by atoms with Crippen molar-refractivity contribution >= 4 is 0 Å². The highest BCUT2D eigenvalue weighted by Gasteiger charge is 2.35. The second-order valence-corrected chi connectivity index (χ2v) is 3.43. The van der Waals surface area contributed by atoms with Crippen molar-refractivity contribution in [2.24, 2.45) is 17.4 Å². The Morgan fingerprint density at radius 3 is 1.75 bits per heavy atom. The Labute approximate surface area is 73.2 Å². The average Bonchev–Trinajstić information content (AvgIpc) is 2.46. The van der Waals surface area contributed by atoms with Gasteiger partial charge in [-0.1, -0.05) is 13.8 Å². The molecule has 0 radical (unpaired) electrons. The van der Waals surface area contributed by atoms with E-state index in [1.54, 1.807) is 0 Å². The fourth-order valence-corrected chi connectivity index (χ4v) is 1.28. The maximum absolute atomic E-state index is 5.55. The first kappa shape index (κ1) is 9.92. The molecule has 1 aliphatic rings. The van der Waals surface area contributed by atoms with Gasteiger partial charge in [-0.25, -0.2) is 0 Å². The summed E-state index contributed by atoms with van der Waals surface area (Å²) in [6.07, 6.45) is -0.183. The maximum atomic E-state index is 5.55. The highest BCUT2D eigenvalue weighted by Crippen LogP contribution is 2.22. The lowest BCUT2D eigenvalue weighted by Crippen LogP contribution is -2.35. The van der Waals surface area contributed by atoms with Gasteiger partial charge in [-0.15, -0.1) is 0 Å². The zero-order valence-electron chi connectivity index (χ0n) is 7.69. The molecule has 4 heteroatoms. The van der Waals surface area contributed by atoms with Crippen molar-refractivity contribution in [1.82, 2.24) is 0 Å². The number of nitrogens with two attached hydrogens (primary N) is 2. The Kier molecular flexibility index (Phi) is 3.46. The van der Waals surface area contributed by atoms with Crippen molar-refractivity contribution in [2.75, 3.05) is 13.1 Å². The van der Waals surface area contributed by atoms with Crippen LogP contribution in [0.15, 0.2) is 0 Å². The summed E-state index contributed by atoms with van der Waals surface area (Å²) >= 11 is 0. The van der Waals surface area contributed by atoms with Crippen LogP contribution in [0.4, 0.5) is 0 Å². The van der Waals surface area contributed by atoms with Crippen LogP contribution in [0.25, 0.3) is 0 Å². The molecule has 0 saturated carbocycles. The quantitative estimate of drug-likeness (QED) is 0.614. The Morgan fingerprint density at radius 2 is 1.50 bits per heavy atom. The van der Waals surface area contributed by atoms with E-state index in [-0.39, 0.29) is 18.5 Å². The van der Waals surface area contributed by atoms with Crippen LogP contribution in [0.2, 0.25) is 0 Å². The maximum Gasteiger partial charge on any atom is 0.160 e. The van der Waals surface area contributed by atoms with Gasteiger partial charge >= 0.3 is 0 Å². The molecule has 0 aromatic carbocycles. The molecule has 72 valence electrons. The summed E-state index contributed by atoms with van der Waals surface area (Å²) in [5.74, 6) is 0.357. The number of hydrogen-bond acceptors (Lipinski definition) is 4. The lowest BCUT2D eigenvalue weighted by molar-refractivity contribution is -0.0934. The van der Waals surface area contributed by atoms with Gasteiger partial charge in [-0.05, 0) is 0 Å². The molecule has 4 N–H and O–H groups in total. The third kappa shape index (κ3) is 1.95. The fraction of sp³-hybridized carbons (Fsp3) is 1.00. The second kappa shape index (κ2) is 4.18. The molecule has 1 aliphatic heterocycles. The third-order valence-corrected chi connectivity index (χ3v) is 2.04. The van der Waals surface area contributed by atoms with Gasteiger partial charge in [-0.3, -0.25) is 0 Å². The minimum atomic E-state index is -0.132. The molecule has 0 bridgehead atoms. The van der Waals surface area contributed by atoms with Crippen LogP contribution >= 0.6 is 0 Å². The Balaban J connectivity index is 2.47. The van der Waals surface area contributed by atoms with Crippen molar-refractivity contribution in [3.63, 3.8) is 0 Å². The van der Waals surface area contributed by atoms with Crippen molar-refractivity contribution in [2.45, 2.75) is 32.3 Å². The highest BCUT2D eigenvalue weighted by atomic mass is 16.7. The highest BCUT2D eigenvalue weighted by molar-refractivity contribution is 4.79. The molecular formula is C8H18N2O2. The lowest BCUT2D eigenvalue weighted by Gasteiger charge is -2.13. The van der Waals surface area contributed by atoms with E-state index in [0.29, 0.717) is 19.0 Å². The van der Waals surface area contributed by atoms with Crippen molar-refractivity contribution in [3.8, 4) is 0 Å². The standard InChI is InChI=1S/C8H18N2O2/c1-5(2)8-11-6(3-9)7(4-10)12-8/h5-8H,3-4,9-10H2,1-2H3/t6-,7-/m0/s1. The molecule has 1 heterocycles. The lowest BCUT2D eigenvalue weighted by atomic mass is 10.2. The normalized spacial score (nSPS) is 31.8. The molecule has 1 fully saturated rings. The number of ether oxygens (including phenoxy) is 2. The van der Waals surface area contributed by atoms with Crippen molar-refractivity contribution in [1.29, 1.82) is 0 Å². The molecular weight excluding hydrogens is 156 g/mol. The van der Waals surface area contributed by atoms with E-state index in [2.05, 4.69) is 13.8 Å². The molecule has 12 heavy (non-hydrogen) atoms. The van der Waals surface area contributed by atoms with Gasteiger partial charge in [0.1, 0.15) is 12.2 Å². The van der Waals surface area contributed by atoms with Crippen LogP contribution in [-0.4, -0.2) is 31.6 Å². The molecule has 0 amide bonds. The molecule has 1 rings (SSSR count). The topological polar surface area (TPSA) is 70.5 Å². The van der Waals surface area contributed by atoms with E-state index < -0.39 is 0 Å². The molecule has 0 unspecified atom stereocenters. The first-order valence-electron chi connectivity index (χ1n) is 4.40. The van der Waals surface area contributed by atoms with Gasteiger partial charge in [0.05, 0.1) is 0 Å².